The Morgan fingerprint density at radius 2 is 1.96 bits per heavy atom. The summed E-state index contributed by atoms with van der Waals surface area (Å²) in [6.45, 7) is 0.229. The predicted molar refractivity (Wildman–Crippen MR) is 100 cm³/mol. The Morgan fingerprint density at radius 1 is 1.19 bits per heavy atom. The smallest absolute Gasteiger partial charge is 0.354 e. The number of aromatic nitrogens is 2. The van der Waals surface area contributed by atoms with Crippen LogP contribution < -0.4 is 10.1 Å². The molecular weight excluding hydrogens is 397 g/mol. The van der Waals surface area contributed by atoms with Crippen LogP contribution in [-0.4, -0.2) is 9.51 Å². The van der Waals surface area contributed by atoms with E-state index in [1.165, 1.54) is 8.97 Å². The maximum atomic E-state index is 13.0. The predicted octanol–water partition coefficient (Wildman–Crippen LogP) is 3.70. The van der Waals surface area contributed by atoms with Gasteiger partial charge in [-0.15, -0.1) is 0 Å². The summed E-state index contributed by atoms with van der Waals surface area (Å²) in [6, 6.07) is 13.7. The van der Waals surface area contributed by atoms with Crippen molar-refractivity contribution in [1.82, 2.24) is 4.40 Å². The molecule has 1 aromatic carbocycles. The minimum Gasteiger partial charge on any atom is -0.477 e. The van der Waals surface area contributed by atoms with Gasteiger partial charge in [0.15, 0.2) is 5.56 Å². The second kappa shape index (κ2) is 7.16. The van der Waals surface area contributed by atoms with E-state index in [1.807, 2.05) is 6.07 Å². The topological polar surface area (TPSA) is 69.4 Å². The molecule has 2 aromatic heterocycles. The van der Waals surface area contributed by atoms with Crippen molar-refractivity contribution in [2.45, 2.75) is 16.8 Å². The molecule has 5 nitrogen and oxygen atoms in total. The number of hydrogen-bond donors (Lipinski definition) is 1. The Hall–Kier alpha value is -2.26. The Bertz CT molecular complexity index is 1080. The van der Waals surface area contributed by atoms with E-state index < -0.39 is 9.35 Å². The Kier molecular flexibility index (Phi) is 5.10. The highest BCUT2D eigenvalue weighted by atomic mass is 35.6. The number of rotatable bonds is 3. The fraction of sp³-hybridized carbons (Fsp3) is 0.167. The molecule has 0 atom stereocenters. The molecule has 0 saturated carbocycles. The van der Waals surface area contributed by atoms with Crippen LogP contribution in [0.4, 0.5) is 0 Å². The van der Waals surface area contributed by atoms with E-state index in [0.717, 1.165) is 0 Å². The second-order valence-electron chi connectivity index (χ2n) is 5.57. The summed E-state index contributed by atoms with van der Waals surface area (Å²) in [4.78, 5) is 13.0. The second-order valence-corrected chi connectivity index (χ2v) is 7.85. The number of alkyl halides is 3. The molecule has 3 aromatic rings. The lowest BCUT2D eigenvalue weighted by Crippen LogP contribution is -2.40. The van der Waals surface area contributed by atoms with E-state index in [4.69, 9.17) is 40.1 Å². The average Bonchev–Trinajstić information content (AvgIpc) is 2.61. The van der Waals surface area contributed by atoms with Gasteiger partial charge in [-0.2, -0.15) is 14.2 Å². The first-order chi connectivity index (χ1) is 12.3. The van der Waals surface area contributed by atoms with Crippen LogP contribution in [0.5, 0.6) is 5.88 Å². The fourth-order valence-corrected chi connectivity index (χ4v) is 3.12. The molecule has 0 fully saturated rings. The molecule has 8 heteroatoms. The highest BCUT2D eigenvalue weighted by Crippen LogP contribution is 2.39. The van der Waals surface area contributed by atoms with Crippen molar-refractivity contribution in [2.75, 3.05) is 0 Å². The van der Waals surface area contributed by atoms with E-state index in [2.05, 4.69) is 0 Å². The molecule has 2 heterocycles. The van der Waals surface area contributed by atoms with Gasteiger partial charge < -0.3 is 5.11 Å². The number of fused-ring (bicyclic) bond motifs is 1. The Morgan fingerprint density at radius 3 is 2.65 bits per heavy atom. The van der Waals surface area contributed by atoms with Gasteiger partial charge in [0.25, 0.3) is 11.5 Å². The molecule has 132 valence electrons. The molecule has 0 aliphatic carbocycles. The zero-order valence-electron chi connectivity index (χ0n) is 13.4. The molecule has 0 spiro atoms. The number of nitrogens with zero attached hydrogens (tertiary/aromatic N) is 3. The van der Waals surface area contributed by atoms with E-state index in [-0.39, 0.29) is 24.4 Å². The first-order valence-electron chi connectivity index (χ1n) is 7.65. The normalized spacial score (nSPS) is 11.5. The first kappa shape index (κ1) is 18.5. The third-order valence-electron chi connectivity index (χ3n) is 3.95. The SMILES string of the molecule is N#CCC[n+]1c(O)c(-c2cccc(C(Cl)(Cl)Cl)c2)c(=O)n2ccccc21. The summed E-state index contributed by atoms with van der Waals surface area (Å²) >= 11 is 17.8. The molecule has 1 N–H and O–H groups in total. The van der Waals surface area contributed by atoms with Gasteiger partial charge in [-0.05, 0) is 17.7 Å². The summed E-state index contributed by atoms with van der Waals surface area (Å²) in [7, 11) is 0. The monoisotopic (exact) mass is 408 g/mol. The van der Waals surface area contributed by atoms with Crippen LogP contribution in [0.1, 0.15) is 12.0 Å². The summed E-state index contributed by atoms with van der Waals surface area (Å²) in [5.74, 6) is -0.238. The molecule has 0 aliphatic heterocycles. The third-order valence-corrected chi connectivity index (χ3v) is 4.61. The summed E-state index contributed by atoms with van der Waals surface area (Å²) < 4.78 is 1.27. The van der Waals surface area contributed by atoms with Crippen LogP contribution >= 0.6 is 34.8 Å². The summed E-state index contributed by atoms with van der Waals surface area (Å²) in [6.07, 6.45) is 1.77. The van der Waals surface area contributed by atoms with Crippen molar-refractivity contribution >= 4 is 40.4 Å². The largest absolute Gasteiger partial charge is 0.477 e. The number of benzene rings is 1. The molecule has 26 heavy (non-hydrogen) atoms. The molecule has 0 radical (unpaired) electrons. The Balaban J connectivity index is 2.34. The average molecular weight is 410 g/mol. The number of halogens is 3. The van der Waals surface area contributed by atoms with Gasteiger partial charge in [0, 0.05) is 11.6 Å². The fourth-order valence-electron chi connectivity index (χ4n) is 2.77. The van der Waals surface area contributed by atoms with Crippen LogP contribution in [0.3, 0.4) is 0 Å². The number of aryl methyl sites for hydroxylation is 1. The maximum Gasteiger partial charge on any atom is 0.354 e. The quantitative estimate of drug-likeness (QED) is 0.530. The van der Waals surface area contributed by atoms with Gasteiger partial charge in [-0.1, -0.05) is 59.1 Å². The van der Waals surface area contributed by atoms with E-state index >= 15 is 0 Å². The van der Waals surface area contributed by atoms with E-state index in [1.54, 1.807) is 48.7 Å². The standard InChI is InChI=1S/C18H12Cl3N3O2/c19-18(20,21)13-6-3-5-12(11-13)15-16(25)23-9-2-1-7-14(23)24(17(15)26)10-4-8-22/h1-3,5-7,9,11H,4,10H2/p+1. The lowest BCUT2D eigenvalue weighted by molar-refractivity contribution is -0.679. The summed E-state index contributed by atoms with van der Waals surface area (Å²) in [5.41, 5.74) is 0.933. The number of hydrogen-bond acceptors (Lipinski definition) is 3. The highest BCUT2D eigenvalue weighted by molar-refractivity contribution is 6.66. The van der Waals surface area contributed by atoms with Gasteiger partial charge in [0.1, 0.15) is 6.54 Å². The number of aromatic hydroxyl groups is 1. The van der Waals surface area contributed by atoms with Gasteiger partial charge in [-0.25, -0.2) is 4.79 Å². The van der Waals surface area contributed by atoms with Gasteiger partial charge >= 0.3 is 5.56 Å². The van der Waals surface area contributed by atoms with E-state index in [9.17, 15) is 9.90 Å². The Labute approximate surface area is 164 Å². The van der Waals surface area contributed by atoms with Crippen molar-refractivity contribution in [3.63, 3.8) is 0 Å². The van der Waals surface area contributed by atoms with Gasteiger partial charge in [-0.3, -0.25) is 0 Å². The molecule has 0 bridgehead atoms. The van der Waals surface area contributed by atoms with Crippen molar-refractivity contribution in [2.24, 2.45) is 0 Å². The first-order valence-corrected chi connectivity index (χ1v) is 8.78. The maximum absolute atomic E-state index is 13.0. The molecule has 0 saturated heterocycles. The minimum atomic E-state index is -1.66. The van der Waals surface area contributed by atoms with Gasteiger partial charge in [0.2, 0.25) is 3.79 Å². The summed E-state index contributed by atoms with van der Waals surface area (Å²) in [5, 5.41) is 19.7. The van der Waals surface area contributed by atoms with Crippen LogP contribution in [0.15, 0.2) is 53.5 Å². The minimum absolute atomic E-state index is 0.0720. The molecule has 0 amide bonds. The van der Waals surface area contributed by atoms with Crippen LogP contribution in [0, 0.1) is 11.3 Å². The molecule has 3 rings (SSSR count). The number of pyridine rings is 1. The van der Waals surface area contributed by atoms with Crippen molar-refractivity contribution in [1.29, 1.82) is 5.26 Å². The lowest BCUT2D eigenvalue weighted by atomic mass is 10.1. The van der Waals surface area contributed by atoms with Gasteiger partial charge in [0.05, 0.1) is 18.7 Å². The van der Waals surface area contributed by atoms with Crippen LogP contribution in [0.25, 0.3) is 16.8 Å². The molecule has 0 unspecified atom stereocenters. The lowest BCUT2D eigenvalue weighted by Gasteiger charge is -2.13. The van der Waals surface area contributed by atoms with Crippen LogP contribution in [-0.2, 0) is 10.3 Å². The highest BCUT2D eigenvalue weighted by Gasteiger charge is 2.27. The van der Waals surface area contributed by atoms with E-state index in [0.29, 0.717) is 16.8 Å². The van der Waals surface area contributed by atoms with Crippen molar-refractivity contribution in [3.05, 3.63) is 64.6 Å². The third kappa shape index (κ3) is 3.36. The van der Waals surface area contributed by atoms with Crippen LogP contribution in [0.2, 0.25) is 0 Å². The number of nitriles is 1. The van der Waals surface area contributed by atoms with Crippen molar-refractivity contribution < 1.29 is 9.67 Å². The molecule has 0 aliphatic rings. The zero-order valence-corrected chi connectivity index (χ0v) is 15.6. The molecular formula is C18H13Cl3N3O2+. The zero-order chi connectivity index (χ0) is 18.9. The van der Waals surface area contributed by atoms with Crippen molar-refractivity contribution in [3.8, 4) is 23.1 Å².